The van der Waals surface area contributed by atoms with E-state index in [0.29, 0.717) is 0 Å². The Bertz CT molecular complexity index is 177. The van der Waals surface area contributed by atoms with Crippen LogP contribution in [-0.4, -0.2) is 30.0 Å². The molecular weight excluding hydrogens is 203 g/mol. The van der Waals surface area contributed by atoms with Crippen LogP contribution < -0.4 is 0 Å². The van der Waals surface area contributed by atoms with Crippen LogP contribution in [0.4, 0.5) is 26.7 Å². The van der Waals surface area contributed by atoms with Crippen molar-refractivity contribution >= 4 is 6.16 Å². The normalized spacial score (nSPS) is 14.3. The minimum Gasteiger partial charge on any atom is -0.450 e. The van der Waals surface area contributed by atoms with E-state index < -0.39 is 31.3 Å². The van der Waals surface area contributed by atoms with E-state index in [1.54, 1.807) is 0 Å². The van der Waals surface area contributed by atoms with Crippen molar-refractivity contribution in [3.05, 3.63) is 0 Å². The van der Waals surface area contributed by atoms with Gasteiger partial charge in [0, 0.05) is 0 Å². The molecule has 8 heteroatoms. The molecule has 1 atom stereocenters. The monoisotopic (exact) mass is 208 g/mol. The van der Waals surface area contributed by atoms with Gasteiger partial charge in [-0.3, -0.25) is 0 Å². The maximum absolute atomic E-state index is 11.7. The minimum atomic E-state index is -5.10. The summed E-state index contributed by atoms with van der Waals surface area (Å²) in [6.45, 7) is 0. The summed E-state index contributed by atoms with van der Waals surface area (Å²) in [5, 5.41) is 7.79. The van der Waals surface area contributed by atoms with Crippen LogP contribution in [0.3, 0.4) is 0 Å². The first-order valence-corrected chi connectivity index (χ1v) is 2.98. The summed E-state index contributed by atoms with van der Waals surface area (Å²) in [4.78, 5) is 9.67. The average Bonchev–Trinajstić information content (AvgIpc) is 1.81. The van der Waals surface area contributed by atoms with Gasteiger partial charge in [0.25, 0.3) is 0 Å². The van der Waals surface area contributed by atoms with E-state index in [1.807, 2.05) is 0 Å². The molecule has 0 spiro atoms. The molecule has 1 unspecified atom stereocenters. The molecule has 0 rings (SSSR count). The highest BCUT2D eigenvalue weighted by molar-refractivity contribution is 5.57. The van der Waals surface area contributed by atoms with Crippen molar-refractivity contribution < 1.29 is 36.6 Å². The van der Waals surface area contributed by atoms with Crippen molar-refractivity contribution in [1.29, 1.82) is 0 Å². The molecule has 0 aromatic heterocycles. The molecule has 0 amide bonds. The molecule has 0 aliphatic rings. The van der Waals surface area contributed by atoms with Crippen LogP contribution in [0, 0.1) is 0 Å². The first-order chi connectivity index (χ1) is 5.73. The molecule has 1 N–H and O–H groups in total. The number of rotatable bonds is 3. The molecule has 0 aliphatic heterocycles. The summed E-state index contributed by atoms with van der Waals surface area (Å²) in [5.41, 5.74) is 0. The van der Waals surface area contributed by atoms with Crippen molar-refractivity contribution in [3.8, 4) is 0 Å². The molecule has 0 fully saturated rings. The topological polar surface area (TPSA) is 46.5 Å². The molecule has 0 heterocycles. The van der Waals surface area contributed by atoms with Crippen LogP contribution in [0.2, 0.25) is 0 Å². The molecular formula is C5H5F5O3. The standard InChI is InChI=1S/C5H5F5O3/c6-3(7)1-2(5(8,9)10)13-4(11)12/h2-3H,1H2,(H,11,12). The fourth-order valence-corrected chi connectivity index (χ4v) is 0.532. The third-order valence-corrected chi connectivity index (χ3v) is 1.00. The summed E-state index contributed by atoms with van der Waals surface area (Å²) in [6.07, 6.45) is -15.3. The maximum Gasteiger partial charge on any atom is 0.506 e. The van der Waals surface area contributed by atoms with Gasteiger partial charge in [-0.2, -0.15) is 13.2 Å². The Balaban J connectivity index is 4.28. The number of carboxylic acid groups (broad SMARTS) is 1. The van der Waals surface area contributed by atoms with E-state index in [0.717, 1.165) is 0 Å². The highest BCUT2D eigenvalue weighted by Crippen LogP contribution is 2.27. The second kappa shape index (κ2) is 4.24. The lowest BCUT2D eigenvalue weighted by Crippen LogP contribution is -2.35. The molecule has 0 aromatic carbocycles. The predicted molar refractivity (Wildman–Crippen MR) is 29.6 cm³/mol. The first kappa shape index (κ1) is 11.9. The van der Waals surface area contributed by atoms with Gasteiger partial charge in [0.15, 0.2) is 0 Å². The lowest BCUT2D eigenvalue weighted by molar-refractivity contribution is -0.216. The van der Waals surface area contributed by atoms with Crippen LogP contribution in [-0.2, 0) is 4.74 Å². The minimum absolute atomic E-state index is 1.68. The first-order valence-electron chi connectivity index (χ1n) is 2.98. The van der Waals surface area contributed by atoms with E-state index in [-0.39, 0.29) is 0 Å². The number of ether oxygens (including phenoxy) is 1. The van der Waals surface area contributed by atoms with Crippen molar-refractivity contribution in [2.45, 2.75) is 25.1 Å². The maximum atomic E-state index is 11.7. The van der Waals surface area contributed by atoms with Crippen LogP contribution >= 0.6 is 0 Å². The van der Waals surface area contributed by atoms with Gasteiger partial charge in [0.05, 0.1) is 6.42 Å². The second-order valence-corrected chi connectivity index (χ2v) is 2.04. The molecule has 13 heavy (non-hydrogen) atoms. The Kier molecular flexibility index (Phi) is 3.89. The van der Waals surface area contributed by atoms with Crippen LogP contribution in [0.5, 0.6) is 0 Å². The summed E-state index contributed by atoms with van der Waals surface area (Å²) < 4.78 is 61.4. The van der Waals surface area contributed by atoms with Crippen LogP contribution in [0.1, 0.15) is 6.42 Å². The van der Waals surface area contributed by atoms with Crippen molar-refractivity contribution in [2.75, 3.05) is 0 Å². The molecule has 0 aliphatic carbocycles. The molecule has 0 aromatic rings. The van der Waals surface area contributed by atoms with Crippen LogP contribution in [0.15, 0.2) is 0 Å². The molecule has 0 radical (unpaired) electrons. The number of hydrogen-bond donors (Lipinski definition) is 1. The summed E-state index contributed by atoms with van der Waals surface area (Å²) in [5.74, 6) is 0. The van der Waals surface area contributed by atoms with Gasteiger partial charge in [0.2, 0.25) is 12.5 Å². The number of alkyl halides is 5. The Hall–Kier alpha value is -1.08. The van der Waals surface area contributed by atoms with Crippen molar-refractivity contribution in [1.82, 2.24) is 0 Å². The Morgan fingerprint density at radius 2 is 1.85 bits per heavy atom. The Morgan fingerprint density at radius 3 is 2.08 bits per heavy atom. The third-order valence-electron chi connectivity index (χ3n) is 1.00. The average molecular weight is 208 g/mol. The summed E-state index contributed by atoms with van der Waals surface area (Å²) in [7, 11) is 0. The van der Waals surface area contributed by atoms with E-state index in [4.69, 9.17) is 5.11 Å². The third kappa shape index (κ3) is 5.21. The van der Waals surface area contributed by atoms with Crippen molar-refractivity contribution in [3.63, 3.8) is 0 Å². The Morgan fingerprint density at radius 1 is 1.38 bits per heavy atom. The van der Waals surface area contributed by atoms with E-state index in [2.05, 4.69) is 4.74 Å². The highest BCUT2D eigenvalue weighted by atomic mass is 19.4. The second-order valence-electron chi connectivity index (χ2n) is 2.04. The smallest absolute Gasteiger partial charge is 0.450 e. The highest BCUT2D eigenvalue weighted by Gasteiger charge is 2.44. The van der Waals surface area contributed by atoms with Crippen LogP contribution in [0.25, 0.3) is 0 Å². The molecule has 3 nitrogen and oxygen atoms in total. The Labute approximate surface area is 69.1 Å². The fourth-order valence-electron chi connectivity index (χ4n) is 0.532. The zero-order chi connectivity index (χ0) is 10.6. The van der Waals surface area contributed by atoms with Gasteiger partial charge < -0.3 is 9.84 Å². The molecule has 0 bridgehead atoms. The molecule has 78 valence electrons. The molecule has 0 saturated carbocycles. The van der Waals surface area contributed by atoms with E-state index in [9.17, 15) is 26.7 Å². The van der Waals surface area contributed by atoms with Gasteiger partial charge in [-0.05, 0) is 0 Å². The van der Waals surface area contributed by atoms with Gasteiger partial charge >= 0.3 is 12.3 Å². The zero-order valence-corrected chi connectivity index (χ0v) is 6.02. The summed E-state index contributed by atoms with van der Waals surface area (Å²) >= 11 is 0. The van der Waals surface area contributed by atoms with Gasteiger partial charge in [-0.15, -0.1) is 0 Å². The quantitative estimate of drug-likeness (QED) is 0.571. The number of carbonyl (C=O) groups is 1. The van der Waals surface area contributed by atoms with E-state index >= 15 is 0 Å². The number of hydrogen-bond acceptors (Lipinski definition) is 2. The SMILES string of the molecule is O=C(O)OC(CC(F)F)C(F)(F)F. The van der Waals surface area contributed by atoms with Gasteiger partial charge in [0.1, 0.15) is 0 Å². The zero-order valence-electron chi connectivity index (χ0n) is 6.02. The molecule has 0 saturated heterocycles. The summed E-state index contributed by atoms with van der Waals surface area (Å²) in [6, 6.07) is 0. The van der Waals surface area contributed by atoms with Gasteiger partial charge in [-0.1, -0.05) is 0 Å². The lowest BCUT2D eigenvalue weighted by atomic mass is 10.2. The largest absolute Gasteiger partial charge is 0.506 e. The van der Waals surface area contributed by atoms with E-state index in [1.165, 1.54) is 0 Å². The van der Waals surface area contributed by atoms with Gasteiger partial charge in [-0.25, -0.2) is 13.6 Å². The lowest BCUT2D eigenvalue weighted by Gasteiger charge is -2.18. The van der Waals surface area contributed by atoms with Crippen molar-refractivity contribution in [2.24, 2.45) is 0 Å². The predicted octanol–water partition coefficient (Wildman–Crippen LogP) is 2.27. The fraction of sp³-hybridized carbons (Fsp3) is 0.800. The number of halogens is 5.